The highest BCUT2D eigenvalue weighted by molar-refractivity contribution is 5.73. The fourth-order valence-corrected chi connectivity index (χ4v) is 3.01. The van der Waals surface area contributed by atoms with Crippen molar-refractivity contribution in [3.05, 3.63) is 105 Å². The molecule has 3 heterocycles. The third-order valence-corrected chi connectivity index (χ3v) is 4.34. The quantitative estimate of drug-likeness (QED) is 0.558. The highest BCUT2D eigenvalue weighted by Crippen LogP contribution is 2.11. The van der Waals surface area contributed by atoms with Gasteiger partial charge in [-0.2, -0.15) is 0 Å². The Morgan fingerprint density at radius 2 is 1.70 bits per heavy atom. The number of hydrogen-bond donors (Lipinski definition) is 0. The number of pyridine rings is 2. The molecule has 0 fully saturated rings. The van der Waals surface area contributed by atoms with Crippen LogP contribution in [-0.2, 0) is 13.1 Å². The monoisotopic (exact) mass is 362 g/mol. The van der Waals surface area contributed by atoms with Crippen molar-refractivity contribution in [1.82, 2.24) is 19.1 Å². The lowest BCUT2D eigenvalue weighted by molar-refractivity contribution is 0.583. The van der Waals surface area contributed by atoms with Crippen molar-refractivity contribution in [2.75, 3.05) is 0 Å². The molecule has 0 radical (unpaired) electrons. The molecule has 134 valence electrons. The molecule has 0 amide bonds. The van der Waals surface area contributed by atoms with E-state index in [1.54, 1.807) is 54.9 Å². The first-order chi connectivity index (χ1) is 13.1. The third kappa shape index (κ3) is 3.15. The maximum Gasteiger partial charge on any atom is 0.332 e. The largest absolute Gasteiger partial charge is 0.332 e. The molecular weight excluding hydrogens is 347 g/mol. The van der Waals surface area contributed by atoms with Gasteiger partial charge in [-0.1, -0.05) is 24.3 Å². The minimum Gasteiger partial charge on any atom is -0.287 e. The SMILES string of the molecule is O=c1c2ncccc2n(Cc2ccccc2F)c(=O)n1Cc1cccnc1. The van der Waals surface area contributed by atoms with E-state index in [2.05, 4.69) is 9.97 Å². The van der Waals surface area contributed by atoms with Gasteiger partial charge in [0.2, 0.25) is 0 Å². The lowest BCUT2D eigenvalue weighted by Crippen LogP contribution is -2.41. The first-order valence-corrected chi connectivity index (χ1v) is 8.36. The molecule has 27 heavy (non-hydrogen) atoms. The number of fused-ring (bicyclic) bond motifs is 1. The molecule has 0 unspecified atom stereocenters. The van der Waals surface area contributed by atoms with Crippen LogP contribution in [0.4, 0.5) is 4.39 Å². The minimum atomic E-state index is -0.521. The highest BCUT2D eigenvalue weighted by atomic mass is 19.1. The van der Waals surface area contributed by atoms with E-state index in [0.717, 1.165) is 4.57 Å². The minimum absolute atomic E-state index is 0.00101. The van der Waals surface area contributed by atoms with Gasteiger partial charge in [-0.25, -0.2) is 14.2 Å². The van der Waals surface area contributed by atoms with E-state index in [1.165, 1.54) is 16.8 Å². The molecule has 0 atom stereocenters. The van der Waals surface area contributed by atoms with Gasteiger partial charge in [-0.15, -0.1) is 0 Å². The van der Waals surface area contributed by atoms with Crippen molar-refractivity contribution in [3.8, 4) is 0 Å². The topological polar surface area (TPSA) is 69.8 Å². The predicted molar refractivity (Wildman–Crippen MR) is 99.1 cm³/mol. The predicted octanol–water partition coefficient (Wildman–Crippen LogP) is 2.19. The van der Waals surface area contributed by atoms with Gasteiger partial charge in [-0.05, 0) is 29.8 Å². The summed E-state index contributed by atoms with van der Waals surface area (Å²) in [5, 5.41) is 0. The Morgan fingerprint density at radius 3 is 2.48 bits per heavy atom. The van der Waals surface area contributed by atoms with Crippen molar-refractivity contribution in [3.63, 3.8) is 0 Å². The normalized spacial score (nSPS) is 11.0. The zero-order valence-corrected chi connectivity index (χ0v) is 14.2. The van der Waals surface area contributed by atoms with E-state index in [0.29, 0.717) is 16.6 Å². The average molecular weight is 362 g/mol. The fourth-order valence-electron chi connectivity index (χ4n) is 3.01. The van der Waals surface area contributed by atoms with Crippen molar-refractivity contribution in [1.29, 1.82) is 0 Å². The summed E-state index contributed by atoms with van der Waals surface area (Å²) in [6, 6.07) is 13.0. The van der Waals surface area contributed by atoms with Crippen molar-refractivity contribution >= 4 is 11.0 Å². The van der Waals surface area contributed by atoms with Crippen LogP contribution < -0.4 is 11.2 Å². The second-order valence-corrected chi connectivity index (χ2v) is 6.08. The van der Waals surface area contributed by atoms with Gasteiger partial charge < -0.3 is 0 Å². The molecule has 7 heteroatoms. The Bertz CT molecular complexity index is 1230. The third-order valence-electron chi connectivity index (χ3n) is 4.34. The molecule has 3 aromatic heterocycles. The van der Waals surface area contributed by atoms with Crippen LogP contribution in [0.2, 0.25) is 0 Å². The van der Waals surface area contributed by atoms with E-state index >= 15 is 0 Å². The molecule has 0 aliphatic heterocycles. The number of benzene rings is 1. The molecule has 0 N–H and O–H groups in total. The maximum absolute atomic E-state index is 14.1. The molecular formula is C20H15FN4O2. The Hall–Kier alpha value is -3.61. The summed E-state index contributed by atoms with van der Waals surface area (Å²) in [6.45, 7) is 0.0658. The molecule has 0 saturated carbocycles. The van der Waals surface area contributed by atoms with Gasteiger partial charge in [0.05, 0.1) is 18.6 Å². The average Bonchev–Trinajstić information content (AvgIpc) is 2.70. The van der Waals surface area contributed by atoms with Crippen LogP contribution in [0.5, 0.6) is 0 Å². The molecule has 0 saturated heterocycles. The molecule has 1 aromatic carbocycles. The van der Waals surface area contributed by atoms with Crippen molar-refractivity contribution < 1.29 is 4.39 Å². The van der Waals surface area contributed by atoms with Gasteiger partial charge in [0.1, 0.15) is 5.82 Å². The maximum atomic E-state index is 14.1. The summed E-state index contributed by atoms with van der Waals surface area (Å²) in [4.78, 5) is 34.1. The second-order valence-electron chi connectivity index (χ2n) is 6.08. The summed E-state index contributed by atoms with van der Waals surface area (Å²) < 4.78 is 16.6. The first-order valence-electron chi connectivity index (χ1n) is 8.36. The zero-order chi connectivity index (χ0) is 18.8. The number of rotatable bonds is 4. The Morgan fingerprint density at radius 1 is 0.889 bits per heavy atom. The molecule has 0 spiro atoms. The Kier molecular flexibility index (Phi) is 4.33. The summed E-state index contributed by atoms with van der Waals surface area (Å²) in [5.41, 5.74) is 0.605. The summed E-state index contributed by atoms with van der Waals surface area (Å²) in [7, 11) is 0. The standard InChI is InChI=1S/C20H15FN4O2/c21-16-7-2-1-6-15(16)13-24-17-8-4-10-23-18(17)19(26)25(20(24)27)12-14-5-3-9-22-11-14/h1-11H,12-13H2. The van der Waals surface area contributed by atoms with Crippen LogP contribution in [0.1, 0.15) is 11.1 Å². The van der Waals surface area contributed by atoms with Crippen molar-refractivity contribution in [2.45, 2.75) is 13.1 Å². The highest BCUT2D eigenvalue weighted by Gasteiger charge is 2.15. The Balaban J connectivity index is 1.93. The molecule has 0 aliphatic carbocycles. The zero-order valence-electron chi connectivity index (χ0n) is 14.2. The van der Waals surface area contributed by atoms with Crippen LogP contribution in [0, 0.1) is 5.82 Å². The second kappa shape index (κ2) is 6.95. The number of hydrogen-bond acceptors (Lipinski definition) is 4. The number of nitrogens with zero attached hydrogens (tertiary/aromatic N) is 4. The number of halogens is 1. The van der Waals surface area contributed by atoms with Gasteiger partial charge in [0.25, 0.3) is 5.56 Å². The van der Waals surface area contributed by atoms with Gasteiger partial charge in [0.15, 0.2) is 5.52 Å². The van der Waals surface area contributed by atoms with Crippen LogP contribution in [-0.4, -0.2) is 19.1 Å². The van der Waals surface area contributed by atoms with Crippen LogP contribution in [0.25, 0.3) is 11.0 Å². The van der Waals surface area contributed by atoms with Crippen LogP contribution in [0.3, 0.4) is 0 Å². The van der Waals surface area contributed by atoms with E-state index in [1.807, 2.05) is 0 Å². The Labute approximate surface area is 153 Å². The van der Waals surface area contributed by atoms with Gasteiger partial charge in [-0.3, -0.25) is 18.9 Å². The van der Waals surface area contributed by atoms with E-state index in [9.17, 15) is 14.0 Å². The smallest absolute Gasteiger partial charge is 0.287 e. The lowest BCUT2D eigenvalue weighted by Gasteiger charge is -2.14. The first kappa shape index (κ1) is 16.8. The summed E-state index contributed by atoms with van der Waals surface area (Å²) in [6.07, 6.45) is 4.70. The van der Waals surface area contributed by atoms with E-state index in [-0.39, 0.29) is 18.6 Å². The van der Waals surface area contributed by atoms with Crippen LogP contribution >= 0.6 is 0 Å². The molecule has 0 bridgehead atoms. The fraction of sp³-hybridized carbons (Fsp3) is 0.100. The number of aromatic nitrogens is 4. The molecule has 4 aromatic rings. The van der Waals surface area contributed by atoms with Crippen LogP contribution in [0.15, 0.2) is 76.7 Å². The van der Waals surface area contributed by atoms with Gasteiger partial charge >= 0.3 is 5.69 Å². The lowest BCUT2D eigenvalue weighted by atomic mass is 10.2. The van der Waals surface area contributed by atoms with Gasteiger partial charge in [0, 0.05) is 24.2 Å². The van der Waals surface area contributed by atoms with E-state index in [4.69, 9.17) is 0 Å². The van der Waals surface area contributed by atoms with E-state index < -0.39 is 17.1 Å². The molecule has 0 aliphatic rings. The summed E-state index contributed by atoms with van der Waals surface area (Å²) >= 11 is 0. The molecule has 6 nitrogen and oxygen atoms in total. The summed E-state index contributed by atoms with van der Waals surface area (Å²) in [5.74, 6) is -0.411. The molecule has 4 rings (SSSR count). The van der Waals surface area contributed by atoms with Crippen molar-refractivity contribution in [2.24, 2.45) is 0 Å².